The third kappa shape index (κ3) is 4.73. The van der Waals surface area contributed by atoms with Crippen LogP contribution in [0.5, 0.6) is 5.75 Å². The number of ketones is 1. The molecule has 1 N–H and O–H groups in total. The van der Waals surface area contributed by atoms with Crippen molar-refractivity contribution in [1.82, 2.24) is 10.2 Å². The number of carbonyl (C=O) groups is 2. The van der Waals surface area contributed by atoms with Gasteiger partial charge in [-0.3, -0.25) is 14.5 Å². The molecule has 7 nitrogen and oxygen atoms in total. The van der Waals surface area contributed by atoms with Gasteiger partial charge >= 0.3 is 5.91 Å². The van der Waals surface area contributed by atoms with Gasteiger partial charge in [-0.25, -0.2) is 4.39 Å². The fraction of sp³-hybridized carbons (Fsp3) is 0.143. The first kappa shape index (κ1) is 24.3. The number of Topliss-reactive ketones (excluding diaryl/α,β-unsaturated/α-hetero) is 1. The molecule has 186 valence electrons. The number of aryl methyl sites for hydroxylation is 2. The second kappa shape index (κ2) is 9.94. The molecule has 37 heavy (non-hydrogen) atoms. The van der Waals surface area contributed by atoms with Gasteiger partial charge in [-0.1, -0.05) is 59.4 Å². The number of halogens is 1. The number of hydrogen-bond donors (Lipinski definition) is 1. The predicted molar refractivity (Wildman–Crippen MR) is 138 cm³/mol. The average Bonchev–Trinajstić information content (AvgIpc) is 3.43. The number of ether oxygens (including phenoxy) is 1. The molecular formula is C28H22FN3O4S. The van der Waals surface area contributed by atoms with E-state index in [4.69, 9.17) is 4.74 Å². The Morgan fingerprint density at radius 1 is 1.03 bits per heavy atom. The third-order valence-electron chi connectivity index (χ3n) is 5.98. The highest BCUT2D eigenvalue weighted by Gasteiger charge is 2.49. The van der Waals surface area contributed by atoms with Gasteiger partial charge in [-0.2, -0.15) is 0 Å². The Labute approximate surface area is 216 Å². The van der Waals surface area contributed by atoms with Crippen molar-refractivity contribution >= 4 is 33.9 Å². The van der Waals surface area contributed by atoms with Gasteiger partial charge in [-0.05, 0) is 49.7 Å². The van der Waals surface area contributed by atoms with E-state index in [1.807, 2.05) is 31.2 Å². The van der Waals surface area contributed by atoms with Crippen LogP contribution in [0.3, 0.4) is 0 Å². The van der Waals surface area contributed by atoms with Crippen LogP contribution < -0.4 is 9.64 Å². The lowest BCUT2D eigenvalue weighted by Crippen LogP contribution is -2.29. The van der Waals surface area contributed by atoms with Crippen LogP contribution in [0, 0.1) is 19.7 Å². The van der Waals surface area contributed by atoms with E-state index in [1.165, 1.54) is 18.2 Å². The van der Waals surface area contributed by atoms with Crippen molar-refractivity contribution in [3.63, 3.8) is 0 Å². The minimum Gasteiger partial charge on any atom is -0.507 e. The minimum absolute atomic E-state index is 0.0641. The zero-order valence-electron chi connectivity index (χ0n) is 20.0. The summed E-state index contributed by atoms with van der Waals surface area (Å²) in [5, 5.41) is 19.9. The van der Waals surface area contributed by atoms with E-state index in [9.17, 15) is 19.1 Å². The van der Waals surface area contributed by atoms with Gasteiger partial charge in [0.25, 0.3) is 5.78 Å². The van der Waals surface area contributed by atoms with Crippen LogP contribution in [-0.2, 0) is 16.2 Å². The molecule has 0 spiro atoms. The second-order valence-corrected chi connectivity index (χ2v) is 9.76. The largest absolute Gasteiger partial charge is 0.507 e. The normalized spacial score (nSPS) is 16.8. The van der Waals surface area contributed by atoms with E-state index >= 15 is 0 Å². The molecule has 1 fully saturated rings. The van der Waals surface area contributed by atoms with Crippen LogP contribution >= 0.6 is 11.3 Å². The van der Waals surface area contributed by atoms with Crippen LogP contribution in [0.4, 0.5) is 9.52 Å². The first-order chi connectivity index (χ1) is 17.8. The van der Waals surface area contributed by atoms with Crippen molar-refractivity contribution in [1.29, 1.82) is 0 Å². The summed E-state index contributed by atoms with van der Waals surface area (Å²) in [5.74, 6) is -2.32. The van der Waals surface area contributed by atoms with Gasteiger partial charge in [0.05, 0.1) is 5.57 Å². The monoisotopic (exact) mass is 515 g/mol. The smallest absolute Gasteiger partial charge is 0.301 e. The van der Waals surface area contributed by atoms with Gasteiger partial charge in [0, 0.05) is 11.1 Å². The molecule has 1 atom stereocenters. The number of aromatic nitrogens is 2. The van der Waals surface area contributed by atoms with Gasteiger partial charge in [0.1, 0.15) is 35.0 Å². The molecule has 0 radical (unpaired) electrons. The Morgan fingerprint density at radius 2 is 1.78 bits per heavy atom. The standard InChI is InChI=1S/C28H22FN3O4S/c1-16-6-5-7-18(14-16)15-36-20-12-10-19(11-13-20)25(33)23-24(21-8-3-4-9-22(21)29)32(27(35)26(23)34)28-31-30-17(2)37-28/h3-14,24,33H,15H2,1-2H3/t24-/m1/s1. The molecule has 0 saturated carbocycles. The molecule has 0 bridgehead atoms. The first-order valence-corrected chi connectivity index (χ1v) is 12.3. The zero-order valence-corrected chi connectivity index (χ0v) is 20.8. The van der Waals surface area contributed by atoms with E-state index < -0.39 is 29.3 Å². The number of hydrogen-bond acceptors (Lipinski definition) is 7. The molecule has 1 aromatic heterocycles. The van der Waals surface area contributed by atoms with Crippen LogP contribution in [0.2, 0.25) is 0 Å². The third-order valence-corrected chi connectivity index (χ3v) is 6.82. The summed E-state index contributed by atoms with van der Waals surface area (Å²) in [7, 11) is 0. The minimum atomic E-state index is -1.20. The van der Waals surface area contributed by atoms with Crippen molar-refractivity contribution in [2.24, 2.45) is 0 Å². The highest BCUT2D eigenvalue weighted by molar-refractivity contribution is 7.15. The highest BCUT2D eigenvalue weighted by atomic mass is 32.1. The van der Waals surface area contributed by atoms with Crippen molar-refractivity contribution < 1.29 is 23.8 Å². The Bertz CT molecular complexity index is 1530. The van der Waals surface area contributed by atoms with E-state index in [1.54, 1.807) is 37.3 Å². The van der Waals surface area contributed by atoms with E-state index in [0.717, 1.165) is 27.4 Å². The zero-order chi connectivity index (χ0) is 26.1. The lowest BCUT2D eigenvalue weighted by atomic mass is 9.95. The van der Waals surface area contributed by atoms with Crippen LogP contribution in [-0.4, -0.2) is 27.0 Å². The fourth-order valence-corrected chi connectivity index (χ4v) is 4.95. The summed E-state index contributed by atoms with van der Waals surface area (Å²) in [6.45, 7) is 4.08. The molecule has 1 amide bonds. The van der Waals surface area contributed by atoms with Gasteiger partial charge in [0.2, 0.25) is 5.13 Å². The predicted octanol–water partition coefficient (Wildman–Crippen LogP) is 5.50. The lowest BCUT2D eigenvalue weighted by molar-refractivity contribution is -0.132. The maximum atomic E-state index is 14.9. The summed E-state index contributed by atoms with van der Waals surface area (Å²) in [6.07, 6.45) is 0. The molecule has 1 aliphatic heterocycles. The highest BCUT2D eigenvalue weighted by Crippen LogP contribution is 2.43. The van der Waals surface area contributed by atoms with Crippen LogP contribution in [0.25, 0.3) is 5.76 Å². The van der Waals surface area contributed by atoms with Crippen LogP contribution in [0.1, 0.15) is 33.3 Å². The number of carbonyl (C=O) groups excluding carboxylic acids is 2. The Morgan fingerprint density at radius 3 is 2.46 bits per heavy atom. The second-order valence-electron chi connectivity index (χ2n) is 8.60. The number of anilines is 1. The Balaban J connectivity index is 1.51. The lowest BCUT2D eigenvalue weighted by Gasteiger charge is -2.22. The summed E-state index contributed by atoms with van der Waals surface area (Å²) < 4.78 is 20.8. The number of rotatable bonds is 6. The molecular weight excluding hydrogens is 493 g/mol. The summed E-state index contributed by atoms with van der Waals surface area (Å²) >= 11 is 1.10. The van der Waals surface area contributed by atoms with Crippen molar-refractivity contribution in [3.05, 3.63) is 111 Å². The number of benzene rings is 3. The maximum Gasteiger partial charge on any atom is 0.301 e. The average molecular weight is 516 g/mol. The van der Waals surface area contributed by atoms with Gasteiger partial charge in [0.15, 0.2) is 0 Å². The maximum absolute atomic E-state index is 14.9. The quantitative estimate of drug-likeness (QED) is 0.207. The molecule has 1 aliphatic rings. The van der Waals surface area contributed by atoms with Gasteiger partial charge in [-0.15, -0.1) is 10.2 Å². The molecule has 0 aliphatic carbocycles. The summed E-state index contributed by atoms with van der Waals surface area (Å²) in [4.78, 5) is 27.3. The van der Waals surface area contributed by atoms with Crippen molar-refractivity contribution in [2.75, 3.05) is 4.90 Å². The molecule has 3 aromatic carbocycles. The Kier molecular flexibility index (Phi) is 6.54. The summed E-state index contributed by atoms with van der Waals surface area (Å²) in [6, 6.07) is 19.1. The molecule has 1 saturated heterocycles. The van der Waals surface area contributed by atoms with E-state index in [2.05, 4.69) is 10.2 Å². The SMILES string of the molecule is Cc1cccc(COc2ccc(C(O)=C3C(=O)C(=O)N(c4nnc(C)s4)[C@@H]3c3ccccc3F)cc2)c1. The molecule has 9 heteroatoms. The van der Waals surface area contributed by atoms with Crippen molar-refractivity contribution in [2.45, 2.75) is 26.5 Å². The topological polar surface area (TPSA) is 92.6 Å². The fourth-order valence-electron chi connectivity index (χ4n) is 4.24. The van der Waals surface area contributed by atoms with Crippen molar-refractivity contribution in [3.8, 4) is 5.75 Å². The Hall–Kier alpha value is -4.37. The number of amides is 1. The molecule has 5 rings (SSSR count). The van der Waals surface area contributed by atoms with Gasteiger partial charge < -0.3 is 9.84 Å². The molecule has 2 heterocycles. The molecule has 0 unspecified atom stereocenters. The number of nitrogens with zero attached hydrogens (tertiary/aromatic N) is 3. The summed E-state index contributed by atoms with van der Waals surface area (Å²) in [5.41, 5.74) is 2.27. The first-order valence-electron chi connectivity index (χ1n) is 11.5. The van der Waals surface area contributed by atoms with E-state index in [-0.39, 0.29) is 21.8 Å². The van der Waals surface area contributed by atoms with Crippen LogP contribution in [0.15, 0.2) is 78.4 Å². The number of aliphatic hydroxyl groups excluding tert-OH is 1. The molecule has 4 aromatic rings. The van der Waals surface area contributed by atoms with E-state index in [0.29, 0.717) is 17.4 Å². The number of aliphatic hydroxyl groups is 1.